The third-order valence-corrected chi connectivity index (χ3v) is 3.42. The summed E-state index contributed by atoms with van der Waals surface area (Å²) in [4.78, 5) is -0.221. The van der Waals surface area contributed by atoms with E-state index in [9.17, 15) is 4.39 Å². The van der Waals surface area contributed by atoms with Crippen LogP contribution in [0.5, 0.6) is 5.75 Å². The summed E-state index contributed by atoms with van der Waals surface area (Å²) in [6.45, 7) is 1.87. The molecule has 1 aromatic carbocycles. The molecule has 1 aromatic heterocycles. The number of aryl methyl sites for hydroxylation is 1. The molecule has 0 aliphatic heterocycles. The third-order valence-electron chi connectivity index (χ3n) is 2.48. The van der Waals surface area contributed by atoms with Crippen molar-refractivity contribution >= 4 is 15.9 Å². The molecule has 1 heterocycles. The standard InChI is InChI=1S/C13H12BrFO2/c1-8-3-5-12(17-8)13(14)10-7-9(15)4-6-11(10)16-2/h3-7,13H,1-2H3. The number of furan rings is 1. The molecule has 0 saturated carbocycles. The number of halogens is 2. The minimum Gasteiger partial charge on any atom is -0.496 e. The Bertz CT molecular complexity index is 522. The zero-order chi connectivity index (χ0) is 12.4. The van der Waals surface area contributed by atoms with Gasteiger partial charge in [-0.2, -0.15) is 0 Å². The predicted octanol–water partition coefficient (Wildman–Crippen LogP) is 4.22. The Labute approximate surface area is 108 Å². The molecule has 0 N–H and O–H groups in total. The van der Waals surface area contributed by atoms with Crippen molar-refractivity contribution in [2.75, 3.05) is 7.11 Å². The van der Waals surface area contributed by atoms with E-state index in [1.54, 1.807) is 13.2 Å². The first kappa shape index (κ1) is 12.2. The average molecular weight is 299 g/mol. The number of hydrogen-bond donors (Lipinski definition) is 0. The molecule has 4 heteroatoms. The Morgan fingerprint density at radius 2 is 2.06 bits per heavy atom. The van der Waals surface area contributed by atoms with Crippen LogP contribution in [0.4, 0.5) is 4.39 Å². The van der Waals surface area contributed by atoms with Gasteiger partial charge in [-0.15, -0.1) is 0 Å². The fraction of sp³-hybridized carbons (Fsp3) is 0.231. The molecule has 2 rings (SSSR count). The zero-order valence-electron chi connectivity index (χ0n) is 9.54. The number of alkyl halides is 1. The molecule has 0 aliphatic rings. The first-order valence-corrected chi connectivity index (χ1v) is 6.07. The quantitative estimate of drug-likeness (QED) is 0.792. The maximum atomic E-state index is 13.3. The van der Waals surface area contributed by atoms with Gasteiger partial charge in [-0.3, -0.25) is 0 Å². The van der Waals surface area contributed by atoms with E-state index < -0.39 is 0 Å². The van der Waals surface area contributed by atoms with Crippen LogP contribution < -0.4 is 4.74 Å². The molecule has 90 valence electrons. The molecule has 17 heavy (non-hydrogen) atoms. The SMILES string of the molecule is COc1ccc(F)cc1C(Br)c1ccc(C)o1. The minimum absolute atomic E-state index is 0.221. The lowest BCUT2D eigenvalue weighted by molar-refractivity contribution is 0.406. The minimum atomic E-state index is -0.298. The van der Waals surface area contributed by atoms with Gasteiger partial charge in [-0.05, 0) is 37.3 Å². The van der Waals surface area contributed by atoms with Gasteiger partial charge >= 0.3 is 0 Å². The number of benzene rings is 1. The van der Waals surface area contributed by atoms with E-state index in [0.29, 0.717) is 11.3 Å². The van der Waals surface area contributed by atoms with E-state index in [1.165, 1.54) is 12.1 Å². The molecule has 2 aromatic rings. The maximum absolute atomic E-state index is 13.3. The average Bonchev–Trinajstić information content (AvgIpc) is 2.75. The lowest BCUT2D eigenvalue weighted by atomic mass is 10.1. The first-order chi connectivity index (χ1) is 8.11. The monoisotopic (exact) mass is 298 g/mol. The number of methoxy groups -OCH3 is 1. The van der Waals surface area contributed by atoms with Crippen LogP contribution in [-0.2, 0) is 0 Å². The van der Waals surface area contributed by atoms with E-state index in [-0.39, 0.29) is 10.6 Å². The van der Waals surface area contributed by atoms with Crippen molar-refractivity contribution in [2.24, 2.45) is 0 Å². The first-order valence-electron chi connectivity index (χ1n) is 5.15. The fourth-order valence-corrected chi connectivity index (χ4v) is 2.25. The third kappa shape index (κ3) is 2.52. The summed E-state index contributed by atoms with van der Waals surface area (Å²) < 4.78 is 24.0. The van der Waals surface area contributed by atoms with E-state index >= 15 is 0 Å². The highest BCUT2D eigenvalue weighted by molar-refractivity contribution is 9.09. The molecule has 2 nitrogen and oxygen atoms in total. The van der Waals surface area contributed by atoms with Gasteiger partial charge < -0.3 is 9.15 Å². The van der Waals surface area contributed by atoms with Crippen molar-refractivity contribution in [3.05, 3.63) is 53.2 Å². The summed E-state index contributed by atoms with van der Waals surface area (Å²) in [5.74, 6) is 1.88. The molecule has 0 saturated heterocycles. The maximum Gasteiger partial charge on any atom is 0.123 e. The van der Waals surface area contributed by atoms with Crippen molar-refractivity contribution in [1.82, 2.24) is 0 Å². The van der Waals surface area contributed by atoms with Gasteiger partial charge in [0.05, 0.1) is 7.11 Å². The van der Waals surface area contributed by atoms with Crippen LogP contribution in [0.15, 0.2) is 34.7 Å². The molecule has 0 radical (unpaired) electrons. The van der Waals surface area contributed by atoms with Crippen LogP contribution in [0.25, 0.3) is 0 Å². The number of rotatable bonds is 3. The highest BCUT2D eigenvalue weighted by Gasteiger charge is 2.18. The second-order valence-corrected chi connectivity index (χ2v) is 4.61. The number of ether oxygens (including phenoxy) is 1. The van der Waals surface area contributed by atoms with Gasteiger partial charge in [0.2, 0.25) is 0 Å². The summed E-state index contributed by atoms with van der Waals surface area (Å²) in [5.41, 5.74) is 0.710. The van der Waals surface area contributed by atoms with Crippen LogP contribution in [0.2, 0.25) is 0 Å². The van der Waals surface area contributed by atoms with E-state index in [4.69, 9.17) is 9.15 Å². The lowest BCUT2D eigenvalue weighted by Crippen LogP contribution is -1.97. The van der Waals surface area contributed by atoms with Gasteiger partial charge in [-0.25, -0.2) is 4.39 Å². The normalized spacial score (nSPS) is 12.5. The predicted molar refractivity (Wildman–Crippen MR) is 67.2 cm³/mol. The van der Waals surface area contributed by atoms with Crippen LogP contribution >= 0.6 is 15.9 Å². The lowest BCUT2D eigenvalue weighted by Gasteiger charge is -2.12. The Hall–Kier alpha value is -1.29. The van der Waals surface area contributed by atoms with E-state index in [0.717, 1.165) is 11.5 Å². The zero-order valence-corrected chi connectivity index (χ0v) is 11.1. The molecule has 0 aliphatic carbocycles. The van der Waals surface area contributed by atoms with Crippen molar-refractivity contribution in [1.29, 1.82) is 0 Å². The van der Waals surface area contributed by atoms with Gasteiger partial charge in [-0.1, -0.05) is 15.9 Å². The van der Waals surface area contributed by atoms with Crippen molar-refractivity contribution < 1.29 is 13.5 Å². The van der Waals surface area contributed by atoms with Gasteiger partial charge in [0.1, 0.15) is 27.9 Å². The second kappa shape index (κ2) is 4.92. The highest BCUT2D eigenvalue weighted by Crippen LogP contribution is 2.37. The van der Waals surface area contributed by atoms with Crippen LogP contribution in [-0.4, -0.2) is 7.11 Å². The summed E-state index contributed by atoms with van der Waals surface area (Å²) in [6, 6.07) is 8.15. The Kier molecular flexibility index (Phi) is 3.52. The molecule has 0 fully saturated rings. The Balaban J connectivity index is 2.42. The fourth-order valence-electron chi connectivity index (χ4n) is 1.65. The van der Waals surface area contributed by atoms with Crippen molar-refractivity contribution in [2.45, 2.75) is 11.8 Å². The molecule has 0 bridgehead atoms. The van der Waals surface area contributed by atoms with Crippen molar-refractivity contribution in [3.8, 4) is 5.75 Å². The summed E-state index contributed by atoms with van der Waals surface area (Å²) in [6.07, 6.45) is 0. The van der Waals surface area contributed by atoms with Gasteiger partial charge in [0, 0.05) is 5.56 Å². The summed E-state index contributed by atoms with van der Waals surface area (Å²) in [7, 11) is 1.56. The van der Waals surface area contributed by atoms with E-state index in [2.05, 4.69) is 15.9 Å². The van der Waals surface area contributed by atoms with Crippen molar-refractivity contribution in [3.63, 3.8) is 0 Å². The molecular weight excluding hydrogens is 287 g/mol. The van der Waals surface area contributed by atoms with Crippen LogP contribution in [0.1, 0.15) is 21.9 Å². The summed E-state index contributed by atoms with van der Waals surface area (Å²) in [5, 5.41) is 0. The van der Waals surface area contributed by atoms with Gasteiger partial charge in [0.15, 0.2) is 0 Å². The molecular formula is C13H12BrFO2. The van der Waals surface area contributed by atoms with Gasteiger partial charge in [0.25, 0.3) is 0 Å². The number of hydrogen-bond acceptors (Lipinski definition) is 2. The van der Waals surface area contributed by atoms with Crippen LogP contribution in [0, 0.1) is 12.7 Å². The smallest absolute Gasteiger partial charge is 0.123 e. The topological polar surface area (TPSA) is 22.4 Å². The second-order valence-electron chi connectivity index (χ2n) is 3.70. The van der Waals surface area contributed by atoms with E-state index in [1.807, 2.05) is 19.1 Å². The highest BCUT2D eigenvalue weighted by atomic mass is 79.9. The Morgan fingerprint density at radius 3 is 2.65 bits per heavy atom. The molecule has 1 atom stereocenters. The largest absolute Gasteiger partial charge is 0.496 e. The molecule has 0 amide bonds. The molecule has 1 unspecified atom stereocenters. The Morgan fingerprint density at radius 1 is 1.29 bits per heavy atom. The summed E-state index contributed by atoms with van der Waals surface area (Å²) >= 11 is 3.49. The van der Waals surface area contributed by atoms with Crippen LogP contribution in [0.3, 0.4) is 0 Å². The molecule has 0 spiro atoms.